The minimum Gasteiger partial charge on any atom is -0.481 e. The summed E-state index contributed by atoms with van der Waals surface area (Å²) >= 11 is 0. The van der Waals surface area contributed by atoms with Crippen LogP contribution in [0.25, 0.3) is 0 Å². The maximum atomic E-state index is 5.68. The average Bonchev–Trinajstić information content (AvgIpc) is 2.88. The van der Waals surface area contributed by atoms with Gasteiger partial charge in [-0.05, 0) is 44.0 Å². The Hall–Kier alpha value is -1.13. The predicted molar refractivity (Wildman–Crippen MR) is 66.0 cm³/mol. The number of pyridine rings is 1. The van der Waals surface area contributed by atoms with E-state index in [1.165, 1.54) is 6.42 Å². The minimum absolute atomic E-state index is 0.581. The van der Waals surface area contributed by atoms with Crippen molar-refractivity contribution in [2.75, 3.05) is 26.8 Å². The van der Waals surface area contributed by atoms with Gasteiger partial charge in [0.05, 0.1) is 13.7 Å². The van der Waals surface area contributed by atoms with Crippen LogP contribution in [0, 0.1) is 5.92 Å². The van der Waals surface area contributed by atoms with Gasteiger partial charge in [-0.2, -0.15) is 0 Å². The van der Waals surface area contributed by atoms with Gasteiger partial charge in [-0.15, -0.1) is 0 Å². The Morgan fingerprint density at radius 2 is 2.47 bits per heavy atom. The number of hydrogen-bond acceptors (Lipinski definition) is 4. The maximum Gasteiger partial charge on any atom is 0.218 e. The van der Waals surface area contributed by atoms with Gasteiger partial charge in [0, 0.05) is 18.4 Å². The van der Waals surface area contributed by atoms with Crippen LogP contribution in [-0.4, -0.2) is 31.8 Å². The molecule has 1 aromatic heterocycles. The topological polar surface area (TPSA) is 43.4 Å². The van der Waals surface area contributed by atoms with Crippen LogP contribution in [0.15, 0.2) is 18.3 Å². The van der Waals surface area contributed by atoms with E-state index in [0.717, 1.165) is 37.6 Å². The van der Waals surface area contributed by atoms with Crippen LogP contribution in [0.5, 0.6) is 5.88 Å². The average molecular weight is 236 g/mol. The molecule has 1 aliphatic heterocycles. The molecule has 0 saturated carbocycles. The summed E-state index contributed by atoms with van der Waals surface area (Å²) in [6, 6.07) is 3.89. The lowest BCUT2D eigenvalue weighted by Crippen LogP contribution is -2.11. The van der Waals surface area contributed by atoms with Gasteiger partial charge in [-0.3, -0.25) is 0 Å². The van der Waals surface area contributed by atoms with E-state index in [-0.39, 0.29) is 0 Å². The summed E-state index contributed by atoms with van der Waals surface area (Å²) in [6.07, 6.45) is 4.14. The molecule has 1 aromatic rings. The molecular formula is C13H20N2O2. The second-order valence-electron chi connectivity index (χ2n) is 4.37. The summed E-state index contributed by atoms with van der Waals surface area (Å²) < 4.78 is 10.9. The molecule has 0 aliphatic carbocycles. The first kappa shape index (κ1) is 12.3. The third kappa shape index (κ3) is 3.68. The molecule has 0 amide bonds. The lowest BCUT2D eigenvalue weighted by Gasteiger charge is -2.10. The predicted octanol–water partition coefficient (Wildman–Crippen LogP) is 1.61. The smallest absolute Gasteiger partial charge is 0.218 e. The summed E-state index contributed by atoms with van der Waals surface area (Å²) in [5.41, 5.74) is 1.01. The molecule has 2 heterocycles. The molecule has 4 nitrogen and oxygen atoms in total. The van der Waals surface area contributed by atoms with E-state index in [0.29, 0.717) is 12.5 Å². The fraction of sp³-hybridized carbons (Fsp3) is 0.615. The largest absolute Gasteiger partial charge is 0.481 e. The summed E-state index contributed by atoms with van der Waals surface area (Å²) in [5.74, 6) is 1.45. The Labute approximate surface area is 102 Å². The van der Waals surface area contributed by atoms with Crippen molar-refractivity contribution in [3.8, 4) is 5.88 Å². The number of rotatable bonds is 6. The summed E-state index contributed by atoms with van der Waals surface area (Å²) in [5, 5.41) is 3.36. The summed E-state index contributed by atoms with van der Waals surface area (Å²) in [6.45, 7) is 3.68. The van der Waals surface area contributed by atoms with Crippen LogP contribution in [-0.2, 0) is 11.3 Å². The molecule has 0 bridgehead atoms. The van der Waals surface area contributed by atoms with Gasteiger partial charge in [0.25, 0.3) is 0 Å². The molecular weight excluding hydrogens is 216 g/mol. The van der Waals surface area contributed by atoms with Gasteiger partial charge in [-0.1, -0.05) is 0 Å². The highest BCUT2D eigenvalue weighted by Gasteiger charge is 2.13. The van der Waals surface area contributed by atoms with Crippen molar-refractivity contribution in [3.63, 3.8) is 0 Å². The van der Waals surface area contributed by atoms with Gasteiger partial charge in [0.1, 0.15) is 0 Å². The van der Waals surface area contributed by atoms with E-state index >= 15 is 0 Å². The molecule has 2 rings (SSSR count). The van der Waals surface area contributed by atoms with E-state index in [1.807, 2.05) is 12.1 Å². The zero-order valence-corrected chi connectivity index (χ0v) is 10.3. The number of nitrogens with zero attached hydrogens (tertiary/aromatic N) is 1. The number of methoxy groups -OCH3 is 1. The first-order valence-electron chi connectivity index (χ1n) is 6.16. The third-order valence-corrected chi connectivity index (χ3v) is 3.13. The number of hydrogen-bond donors (Lipinski definition) is 1. The first-order valence-corrected chi connectivity index (χ1v) is 6.16. The molecule has 17 heavy (non-hydrogen) atoms. The van der Waals surface area contributed by atoms with Gasteiger partial charge in [-0.25, -0.2) is 4.98 Å². The Morgan fingerprint density at radius 1 is 1.53 bits per heavy atom. The highest BCUT2D eigenvalue weighted by Crippen LogP contribution is 2.16. The second-order valence-corrected chi connectivity index (χ2v) is 4.37. The SMILES string of the molecule is COc1ncccc1COCCC1CCNC1. The fourth-order valence-corrected chi connectivity index (χ4v) is 2.11. The Balaban J connectivity index is 1.70. The number of nitrogens with one attached hydrogen (secondary N) is 1. The lowest BCUT2D eigenvalue weighted by molar-refractivity contribution is 0.107. The Bertz CT molecular complexity index is 338. The van der Waals surface area contributed by atoms with Crippen LogP contribution in [0.1, 0.15) is 18.4 Å². The van der Waals surface area contributed by atoms with Crippen LogP contribution in [0.2, 0.25) is 0 Å². The maximum absolute atomic E-state index is 5.68. The molecule has 0 spiro atoms. The Morgan fingerprint density at radius 3 is 3.24 bits per heavy atom. The van der Waals surface area contributed by atoms with Crippen LogP contribution >= 0.6 is 0 Å². The molecule has 1 N–H and O–H groups in total. The van der Waals surface area contributed by atoms with Crippen molar-refractivity contribution in [1.82, 2.24) is 10.3 Å². The van der Waals surface area contributed by atoms with Gasteiger partial charge in [0.2, 0.25) is 5.88 Å². The van der Waals surface area contributed by atoms with Crippen molar-refractivity contribution in [1.29, 1.82) is 0 Å². The zero-order chi connectivity index (χ0) is 11.9. The molecule has 94 valence electrons. The van der Waals surface area contributed by atoms with Crippen LogP contribution in [0.3, 0.4) is 0 Å². The van der Waals surface area contributed by atoms with Gasteiger partial charge < -0.3 is 14.8 Å². The standard InChI is InChI=1S/C13H20N2O2/c1-16-13-12(3-2-6-15-13)10-17-8-5-11-4-7-14-9-11/h2-3,6,11,14H,4-5,7-10H2,1H3. The van der Waals surface area contributed by atoms with Crippen LogP contribution < -0.4 is 10.1 Å². The molecule has 1 aliphatic rings. The van der Waals surface area contributed by atoms with E-state index < -0.39 is 0 Å². The van der Waals surface area contributed by atoms with Crippen molar-refractivity contribution >= 4 is 0 Å². The fourth-order valence-electron chi connectivity index (χ4n) is 2.11. The minimum atomic E-state index is 0.581. The molecule has 1 unspecified atom stereocenters. The molecule has 1 saturated heterocycles. The third-order valence-electron chi connectivity index (χ3n) is 3.13. The summed E-state index contributed by atoms with van der Waals surface area (Å²) in [4.78, 5) is 4.14. The molecule has 0 aromatic carbocycles. The second kappa shape index (κ2) is 6.57. The van der Waals surface area contributed by atoms with Crippen molar-refractivity contribution in [3.05, 3.63) is 23.9 Å². The molecule has 1 fully saturated rings. The zero-order valence-electron chi connectivity index (χ0n) is 10.3. The van der Waals surface area contributed by atoms with Gasteiger partial charge >= 0.3 is 0 Å². The van der Waals surface area contributed by atoms with E-state index in [4.69, 9.17) is 9.47 Å². The normalized spacial score (nSPS) is 19.5. The van der Waals surface area contributed by atoms with Crippen molar-refractivity contribution in [2.45, 2.75) is 19.4 Å². The molecule has 0 radical (unpaired) electrons. The van der Waals surface area contributed by atoms with Crippen molar-refractivity contribution in [2.24, 2.45) is 5.92 Å². The number of aromatic nitrogens is 1. The highest BCUT2D eigenvalue weighted by atomic mass is 16.5. The molecule has 4 heteroatoms. The molecule has 1 atom stereocenters. The number of ether oxygens (including phenoxy) is 2. The Kier molecular flexibility index (Phi) is 4.76. The van der Waals surface area contributed by atoms with E-state index in [2.05, 4.69) is 10.3 Å². The van der Waals surface area contributed by atoms with E-state index in [9.17, 15) is 0 Å². The van der Waals surface area contributed by atoms with E-state index in [1.54, 1.807) is 13.3 Å². The lowest BCUT2D eigenvalue weighted by atomic mass is 10.1. The quantitative estimate of drug-likeness (QED) is 0.762. The highest BCUT2D eigenvalue weighted by molar-refractivity contribution is 5.24. The first-order chi connectivity index (χ1) is 8.40. The van der Waals surface area contributed by atoms with Gasteiger partial charge in [0.15, 0.2) is 0 Å². The van der Waals surface area contributed by atoms with Crippen LogP contribution in [0.4, 0.5) is 0 Å². The van der Waals surface area contributed by atoms with Crippen molar-refractivity contribution < 1.29 is 9.47 Å². The monoisotopic (exact) mass is 236 g/mol. The summed E-state index contributed by atoms with van der Waals surface area (Å²) in [7, 11) is 1.63.